The Bertz CT molecular complexity index is 865. The first kappa shape index (κ1) is 17.2. The summed E-state index contributed by atoms with van der Waals surface area (Å²) in [6.45, 7) is 2.03. The second-order valence-corrected chi connectivity index (χ2v) is 6.55. The van der Waals surface area contributed by atoms with Crippen molar-refractivity contribution in [3.8, 4) is 11.5 Å². The summed E-state index contributed by atoms with van der Waals surface area (Å²) in [6.07, 6.45) is 0.316. The Morgan fingerprint density at radius 2 is 2.00 bits per heavy atom. The molecule has 0 unspecified atom stereocenters. The molecule has 1 amide bonds. The molecule has 0 fully saturated rings. The monoisotopic (exact) mass is 357 g/mol. The highest BCUT2D eigenvalue weighted by Crippen LogP contribution is 2.21. The SMILES string of the molecule is Cc1ccc(SCCC(=O)Nc2nnc(-c3cccc(F)c3)o2)cc1. The van der Waals surface area contributed by atoms with Crippen molar-refractivity contribution in [2.24, 2.45) is 0 Å². The molecule has 2 aromatic carbocycles. The number of carbonyl (C=O) groups is 1. The lowest BCUT2D eigenvalue weighted by molar-refractivity contribution is -0.115. The van der Waals surface area contributed by atoms with Crippen molar-refractivity contribution in [2.75, 3.05) is 11.1 Å². The first-order chi connectivity index (χ1) is 12.1. The van der Waals surface area contributed by atoms with E-state index in [1.54, 1.807) is 23.9 Å². The molecule has 0 spiro atoms. The summed E-state index contributed by atoms with van der Waals surface area (Å²) in [5.74, 6) is 0.187. The van der Waals surface area contributed by atoms with Gasteiger partial charge in [0.15, 0.2) is 0 Å². The number of nitrogens with zero attached hydrogens (tertiary/aromatic N) is 2. The number of benzene rings is 2. The van der Waals surface area contributed by atoms with Crippen LogP contribution in [0.1, 0.15) is 12.0 Å². The van der Waals surface area contributed by atoms with E-state index in [-0.39, 0.29) is 17.8 Å². The van der Waals surface area contributed by atoms with Gasteiger partial charge >= 0.3 is 6.01 Å². The highest BCUT2D eigenvalue weighted by molar-refractivity contribution is 7.99. The number of aromatic nitrogens is 2. The van der Waals surface area contributed by atoms with Crippen LogP contribution >= 0.6 is 11.8 Å². The molecule has 0 saturated heterocycles. The number of hydrogen-bond donors (Lipinski definition) is 1. The van der Waals surface area contributed by atoms with E-state index in [0.717, 1.165) is 4.90 Å². The maximum atomic E-state index is 13.2. The molecule has 0 bridgehead atoms. The van der Waals surface area contributed by atoms with E-state index < -0.39 is 5.82 Å². The molecule has 7 heteroatoms. The van der Waals surface area contributed by atoms with E-state index in [1.165, 1.54) is 17.7 Å². The second-order valence-electron chi connectivity index (χ2n) is 5.38. The third-order valence-electron chi connectivity index (χ3n) is 3.36. The van der Waals surface area contributed by atoms with Crippen LogP contribution in [0.2, 0.25) is 0 Å². The first-order valence-electron chi connectivity index (χ1n) is 7.69. The van der Waals surface area contributed by atoms with Crippen LogP contribution in [-0.2, 0) is 4.79 Å². The molecule has 0 aliphatic rings. The van der Waals surface area contributed by atoms with Gasteiger partial charge in [0.2, 0.25) is 11.8 Å². The normalized spacial score (nSPS) is 10.6. The lowest BCUT2D eigenvalue weighted by Gasteiger charge is -2.02. The maximum Gasteiger partial charge on any atom is 0.322 e. The molecule has 25 heavy (non-hydrogen) atoms. The molecule has 3 aromatic rings. The van der Waals surface area contributed by atoms with Gasteiger partial charge in [0.05, 0.1) is 0 Å². The number of carbonyl (C=O) groups excluding carboxylic acids is 1. The van der Waals surface area contributed by atoms with Crippen LogP contribution in [0.4, 0.5) is 10.4 Å². The number of thioether (sulfide) groups is 1. The van der Waals surface area contributed by atoms with Crippen LogP contribution in [0.3, 0.4) is 0 Å². The summed E-state index contributed by atoms with van der Waals surface area (Å²) in [5.41, 5.74) is 1.66. The van der Waals surface area contributed by atoms with Gasteiger partial charge in [0, 0.05) is 22.6 Å². The fraction of sp³-hybridized carbons (Fsp3) is 0.167. The molecule has 128 valence electrons. The Balaban J connectivity index is 1.50. The van der Waals surface area contributed by atoms with Gasteiger partial charge in [-0.05, 0) is 37.3 Å². The predicted molar refractivity (Wildman–Crippen MR) is 94.8 cm³/mol. The summed E-state index contributed by atoms with van der Waals surface area (Å²) >= 11 is 1.60. The highest BCUT2D eigenvalue weighted by atomic mass is 32.2. The zero-order valence-corrected chi connectivity index (χ0v) is 14.3. The third kappa shape index (κ3) is 4.90. The molecule has 0 radical (unpaired) electrons. The highest BCUT2D eigenvalue weighted by Gasteiger charge is 2.11. The predicted octanol–water partition coefficient (Wildman–Crippen LogP) is 4.31. The number of nitrogens with one attached hydrogen (secondary N) is 1. The van der Waals surface area contributed by atoms with Crippen molar-refractivity contribution in [2.45, 2.75) is 18.2 Å². The molecular formula is C18H16FN3O2S. The van der Waals surface area contributed by atoms with E-state index in [4.69, 9.17) is 4.42 Å². The van der Waals surface area contributed by atoms with Crippen LogP contribution in [0.5, 0.6) is 0 Å². The number of anilines is 1. The number of rotatable bonds is 6. The van der Waals surface area contributed by atoms with Gasteiger partial charge < -0.3 is 4.42 Å². The number of halogens is 1. The van der Waals surface area contributed by atoms with Gasteiger partial charge in [-0.1, -0.05) is 28.9 Å². The Morgan fingerprint density at radius 1 is 1.20 bits per heavy atom. The molecule has 3 rings (SSSR count). The average Bonchev–Trinajstić information content (AvgIpc) is 3.05. The van der Waals surface area contributed by atoms with Crippen LogP contribution in [0, 0.1) is 12.7 Å². The zero-order chi connectivity index (χ0) is 17.6. The number of aryl methyl sites for hydroxylation is 1. The topological polar surface area (TPSA) is 68.0 Å². The minimum absolute atomic E-state index is 0.00426. The summed E-state index contributed by atoms with van der Waals surface area (Å²) in [7, 11) is 0. The van der Waals surface area contributed by atoms with E-state index >= 15 is 0 Å². The molecule has 1 heterocycles. The Hall–Kier alpha value is -2.67. The molecule has 5 nitrogen and oxygen atoms in total. The van der Waals surface area contributed by atoms with Crippen molar-refractivity contribution in [1.29, 1.82) is 0 Å². The lowest BCUT2D eigenvalue weighted by atomic mass is 10.2. The molecule has 0 aliphatic carbocycles. The first-order valence-corrected chi connectivity index (χ1v) is 8.67. The van der Waals surface area contributed by atoms with Crippen molar-refractivity contribution < 1.29 is 13.6 Å². The van der Waals surface area contributed by atoms with Crippen LogP contribution in [0.25, 0.3) is 11.5 Å². The van der Waals surface area contributed by atoms with Crippen LogP contribution in [0.15, 0.2) is 57.8 Å². The van der Waals surface area contributed by atoms with Crippen molar-refractivity contribution in [3.05, 3.63) is 59.9 Å². The molecule has 0 atom stereocenters. The van der Waals surface area contributed by atoms with E-state index in [1.807, 2.05) is 31.2 Å². The second kappa shape index (κ2) is 7.94. The summed E-state index contributed by atoms with van der Waals surface area (Å²) in [4.78, 5) is 13.1. The molecule has 0 aliphatic heterocycles. The Labute approximate surface area is 148 Å². The number of hydrogen-bond acceptors (Lipinski definition) is 5. The van der Waals surface area contributed by atoms with E-state index in [0.29, 0.717) is 17.7 Å². The molecule has 1 N–H and O–H groups in total. The minimum atomic E-state index is -0.394. The minimum Gasteiger partial charge on any atom is -0.403 e. The fourth-order valence-electron chi connectivity index (χ4n) is 2.09. The Kier molecular flexibility index (Phi) is 5.45. The third-order valence-corrected chi connectivity index (χ3v) is 4.38. The van der Waals surface area contributed by atoms with Crippen molar-refractivity contribution in [1.82, 2.24) is 10.2 Å². The van der Waals surface area contributed by atoms with Gasteiger partial charge in [0.25, 0.3) is 0 Å². The average molecular weight is 357 g/mol. The standard InChI is InChI=1S/C18H16FN3O2S/c1-12-5-7-15(8-6-12)25-10-9-16(23)20-18-22-21-17(24-18)13-3-2-4-14(19)11-13/h2-8,11H,9-10H2,1H3,(H,20,22,23). The number of amides is 1. The quantitative estimate of drug-likeness (QED) is 0.666. The van der Waals surface area contributed by atoms with E-state index in [2.05, 4.69) is 15.5 Å². The van der Waals surface area contributed by atoms with Crippen LogP contribution < -0.4 is 5.32 Å². The van der Waals surface area contributed by atoms with Crippen molar-refractivity contribution in [3.63, 3.8) is 0 Å². The maximum absolute atomic E-state index is 13.2. The lowest BCUT2D eigenvalue weighted by Crippen LogP contribution is -2.12. The van der Waals surface area contributed by atoms with Crippen LogP contribution in [-0.4, -0.2) is 21.9 Å². The van der Waals surface area contributed by atoms with E-state index in [9.17, 15) is 9.18 Å². The Morgan fingerprint density at radius 3 is 2.76 bits per heavy atom. The summed E-state index contributed by atoms with van der Waals surface area (Å²) < 4.78 is 18.6. The summed E-state index contributed by atoms with van der Waals surface area (Å²) in [6, 6.07) is 14.0. The van der Waals surface area contributed by atoms with Crippen molar-refractivity contribution >= 4 is 23.7 Å². The van der Waals surface area contributed by atoms with Gasteiger partial charge in [-0.25, -0.2) is 4.39 Å². The molecular weight excluding hydrogens is 341 g/mol. The smallest absolute Gasteiger partial charge is 0.322 e. The van der Waals surface area contributed by atoms with Gasteiger partial charge in [-0.2, -0.15) is 0 Å². The van der Waals surface area contributed by atoms with Gasteiger partial charge in [-0.15, -0.1) is 16.9 Å². The molecule has 1 aromatic heterocycles. The largest absolute Gasteiger partial charge is 0.403 e. The molecule has 0 saturated carbocycles. The summed E-state index contributed by atoms with van der Waals surface area (Å²) in [5, 5.41) is 10.1. The van der Waals surface area contributed by atoms with Gasteiger partial charge in [0.1, 0.15) is 5.82 Å². The zero-order valence-electron chi connectivity index (χ0n) is 13.5. The fourth-order valence-corrected chi connectivity index (χ4v) is 2.94. The van der Waals surface area contributed by atoms with Gasteiger partial charge in [-0.3, -0.25) is 10.1 Å².